The zero-order valence-electron chi connectivity index (χ0n) is 13.2. The number of aromatic carboxylic acids is 1. The first-order valence-electron chi connectivity index (χ1n) is 7.15. The predicted octanol–water partition coefficient (Wildman–Crippen LogP) is 1.68. The maximum Gasteiger partial charge on any atom is 0.341 e. The Balaban J connectivity index is 1.99. The molecule has 0 radical (unpaired) electrons. The summed E-state index contributed by atoms with van der Waals surface area (Å²) in [6.45, 7) is 0. The highest BCUT2D eigenvalue weighted by atomic mass is 16.4. The molecule has 24 heavy (non-hydrogen) atoms. The van der Waals surface area contributed by atoms with Crippen molar-refractivity contribution in [2.24, 2.45) is 0 Å². The van der Waals surface area contributed by atoms with E-state index in [2.05, 4.69) is 15.1 Å². The zero-order chi connectivity index (χ0) is 17.3. The maximum absolute atomic E-state index is 11.1. The molecule has 0 atom stereocenters. The van der Waals surface area contributed by atoms with E-state index in [0.717, 1.165) is 11.3 Å². The van der Waals surface area contributed by atoms with Gasteiger partial charge in [0.1, 0.15) is 11.4 Å². The number of hydrogen-bond donors (Lipinski definition) is 2. The number of rotatable bonds is 4. The van der Waals surface area contributed by atoms with Crippen LogP contribution in [0.1, 0.15) is 10.4 Å². The molecule has 122 valence electrons. The summed E-state index contributed by atoms with van der Waals surface area (Å²) in [5, 5.41) is 13.0. The second kappa shape index (κ2) is 5.99. The minimum atomic E-state index is -1.14. The first-order chi connectivity index (χ1) is 11.5. The summed E-state index contributed by atoms with van der Waals surface area (Å²) in [5.74, 6) is -0.939. The average Bonchev–Trinajstić information content (AvgIpc) is 2.97. The van der Waals surface area contributed by atoms with Crippen LogP contribution in [0.15, 0.2) is 42.7 Å². The van der Waals surface area contributed by atoms with Gasteiger partial charge in [0.25, 0.3) is 5.95 Å². The Bertz CT molecular complexity index is 886. The van der Waals surface area contributed by atoms with Gasteiger partial charge in [-0.2, -0.15) is 9.78 Å². The van der Waals surface area contributed by atoms with Gasteiger partial charge in [0, 0.05) is 31.5 Å². The fourth-order valence-corrected chi connectivity index (χ4v) is 2.22. The van der Waals surface area contributed by atoms with Crippen molar-refractivity contribution < 1.29 is 9.90 Å². The molecule has 0 aliphatic rings. The van der Waals surface area contributed by atoms with Crippen LogP contribution in [0.2, 0.25) is 0 Å². The van der Waals surface area contributed by atoms with E-state index in [4.69, 9.17) is 10.8 Å². The van der Waals surface area contributed by atoms with E-state index in [-0.39, 0.29) is 17.3 Å². The van der Waals surface area contributed by atoms with E-state index in [1.54, 1.807) is 12.3 Å². The Kier molecular flexibility index (Phi) is 3.87. The zero-order valence-corrected chi connectivity index (χ0v) is 13.2. The van der Waals surface area contributed by atoms with Crippen molar-refractivity contribution in [2.45, 2.75) is 0 Å². The molecule has 0 aliphatic carbocycles. The number of hydrogen-bond acceptors (Lipinski definition) is 6. The lowest BCUT2D eigenvalue weighted by Crippen LogP contribution is -2.09. The summed E-state index contributed by atoms with van der Waals surface area (Å²) in [6.07, 6.45) is 2.76. The van der Waals surface area contributed by atoms with Crippen molar-refractivity contribution >= 4 is 17.5 Å². The van der Waals surface area contributed by atoms with Gasteiger partial charge >= 0.3 is 5.97 Å². The highest BCUT2D eigenvalue weighted by molar-refractivity contribution is 5.92. The molecule has 1 aromatic carbocycles. The van der Waals surface area contributed by atoms with Crippen molar-refractivity contribution in [3.8, 4) is 17.2 Å². The third kappa shape index (κ3) is 2.76. The first kappa shape index (κ1) is 15.5. The number of carbonyl (C=O) groups is 1. The fourth-order valence-electron chi connectivity index (χ4n) is 2.22. The Morgan fingerprint density at radius 3 is 2.50 bits per heavy atom. The third-order valence-electron chi connectivity index (χ3n) is 3.55. The number of nitrogens with zero attached hydrogens (tertiary/aromatic N) is 5. The molecule has 2 aromatic heterocycles. The van der Waals surface area contributed by atoms with Crippen molar-refractivity contribution in [3.63, 3.8) is 0 Å². The minimum Gasteiger partial charge on any atom is -0.477 e. The molecule has 3 rings (SSSR count). The monoisotopic (exact) mass is 324 g/mol. The van der Waals surface area contributed by atoms with Gasteiger partial charge in [-0.05, 0) is 18.2 Å². The van der Waals surface area contributed by atoms with Gasteiger partial charge in [-0.1, -0.05) is 12.1 Å². The van der Waals surface area contributed by atoms with Crippen molar-refractivity contribution in [1.29, 1.82) is 0 Å². The van der Waals surface area contributed by atoms with Crippen LogP contribution in [0.4, 0.5) is 11.5 Å². The molecule has 8 nitrogen and oxygen atoms in total. The standard InChI is InChI=1S/C16H16N6O2/c1-21(2)11-5-3-10(4-6-11)13-7-8-18-16(20-13)22-14(17)12(9-19-22)15(23)24/h3-9H,17H2,1-2H3,(H,23,24). The summed E-state index contributed by atoms with van der Waals surface area (Å²) in [4.78, 5) is 21.6. The second-order valence-corrected chi connectivity index (χ2v) is 5.34. The van der Waals surface area contributed by atoms with Gasteiger partial charge in [-0.3, -0.25) is 0 Å². The molecular weight excluding hydrogens is 308 g/mol. The van der Waals surface area contributed by atoms with Gasteiger partial charge in [-0.15, -0.1) is 0 Å². The van der Waals surface area contributed by atoms with Gasteiger partial charge in [0.15, 0.2) is 0 Å². The second-order valence-electron chi connectivity index (χ2n) is 5.34. The van der Waals surface area contributed by atoms with Gasteiger partial charge in [0.2, 0.25) is 0 Å². The molecule has 3 N–H and O–H groups in total. The number of carboxylic acid groups (broad SMARTS) is 1. The predicted molar refractivity (Wildman–Crippen MR) is 90.3 cm³/mol. The van der Waals surface area contributed by atoms with Gasteiger partial charge in [0.05, 0.1) is 11.9 Å². The van der Waals surface area contributed by atoms with E-state index in [1.165, 1.54) is 10.9 Å². The largest absolute Gasteiger partial charge is 0.477 e. The van der Waals surface area contributed by atoms with Crippen LogP contribution >= 0.6 is 0 Å². The summed E-state index contributed by atoms with van der Waals surface area (Å²) < 4.78 is 1.21. The van der Waals surface area contributed by atoms with Crippen molar-refractivity contribution in [3.05, 3.63) is 48.3 Å². The van der Waals surface area contributed by atoms with Crippen LogP contribution < -0.4 is 10.6 Å². The first-order valence-corrected chi connectivity index (χ1v) is 7.15. The summed E-state index contributed by atoms with van der Waals surface area (Å²) in [6, 6.07) is 9.66. The molecule has 2 heterocycles. The maximum atomic E-state index is 11.1. The Morgan fingerprint density at radius 2 is 1.92 bits per heavy atom. The number of aromatic nitrogens is 4. The van der Waals surface area contributed by atoms with Gasteiger partial charge in [-0.25, -0.2) is 14.8 Å². The Labute approximate surface area is 138 Å². The number of anilines is 2. The molecule has 0 aliphatic heterocycles. The van der Waals surface area contributed by atoms with E-state index in [1.807, 2.05) is 43.3 Å². The van der Waals surface area contributed by atoms with Crippen LogP contribution in [0.3, 0.4) is 0 Å². The summed E-state index contributed by atoms with van der Waals surface area (Å²) >= 11 is 0. The van der Waals surface area contributed by atoms with E-state index in [0.29, 0.717) is 5.69 Å². The van der Waals surface area contributed by atoms with Crippen LogP contribution in [0.25, 0.3) is 17.2 Å². The van der Waals surface area contributed by atoms with E-state index in [9.17, 15) is 4.79 Å². The fraction of sp³-hybridized carbons (Fsp3) is 0.125. The number of nitrogen functional groups attached to an aromatic ring is 1. The molecule has 0 spiro atoms. The molecule has 0 saturated heterocycles. The van der Waals surface area contributed by atoms with Crippen LogP contribution in [0, 0.1) is 0 Å². The van der Waals surface area contributed by atoms with E-state index < -0.39 is 5.97 Å². The molecule has 0 amide bonds. The number of nitrogens with two attached hydrogens (primary N) is 1. The summed E-state index contributed by atoms with van der Waals surface area (Å²) in [7, 11) is 3.94. The normalized spacial score (nSPS) is 10.6. The highest BCUT2D eigenvalue weighted by Crippen LogP contribution is 2.22. The minimum absolute atomic E-state index is 0.0115. The lowest BCUT2D eigenvalue weighted by Gasteiger charge is -2.12. The topological polar surface area (TPSA) is 110 Å². The average molecular weight is 324 g/mol. The smallest absolute Gasteiger partial charge is 0.341 e. The molecule has 8 heteroatoms. The van der Waals surface area contributed by atoms with Crippen LogP contribution in [0.5, 0.6) is 0 Å². The molecule has 0 unspecified atom stereocenters. The molecule has 0 saturated carbocycles. The Morgan fingerprint density at radius 1 is 1.21 bits per heavy atom. The number of carboxylic acids is 1. The van der Waals surface area contributed by atoms with Crippen LogP contribution in [-0.4, -0.2) is 44.9 Å². The molecule has 3 aromatic rings. The SMILES string of the molecule is CN(C)c1ccc(-c2ccnc(-n3ncc(C(=O)O)c3N)n2)cc1. The lowest BCUT2D eigenvalue weighted by atomic mass is 10.1. The molecule has 0 bridgehead atoms. The highest BCUT2D eigenvalue weighted by Gasteiger charge is 2.16. The quantitative estimate of drug-likeness (QED) is 0.751. The third-order valence-corrected chi connectivity index (χ3v) is 3.55. The van der Waals surface area contributed by atoms with Gasteiger partial charge < -0.3 is 15.7 Å². The van der Waals surface area contributed by atoms with E-state index >= 15 is 0 Å². The number of benzene rings is 1. The summed E-state index contributed by atoms with van der Waals surface area (Å²) in [5.41, 5.74) is 8.41. The van der Waals surface area contributed by atoms with Crippen molar-refractivity contribution in [1.82, 2.24) is 19.7 Å². The Hall–Kier alpha value is -3.42. The molecule has 0 fully saturated rings. The van der Waals surface area contributed by atoms with Crippen molar-refractivity contribution in [2.75, 3.05) is 24.7 Å². The molecular formula is C16H16N6O2. The van der Waals surface area contributed by atoms with Crippen LogP contribution in [-0.2, 0) is 0 Å². The lowest BCUT2D eigenvalue weighted by molar-refractivity contribution is 0.0698.